The molecule has 2 aliphatic heterocycles. The van der Waals surface area contributed by atoms with Gasteiger partial charge in [0.1, 0.15) is 5.76 Å². The largest absolute Gasteiger partial charge is 0.507 e. The summed E-state index contributed by atoms with van der Waals surface area (Å²) in [7, 11) is 0. The van der Waals surface area contributed by atoms with Crippen molar-refractivity contribution in [3.8, 4) is 0 Å². The standard InChI is InChI=1S/C26H29ClN2O4/c1-17(2)18-3-5-19(6-4-18)23-22(24(30)20-7-9-21(27)10-8-20)25(31)26(32)29(23)12-11-28-13-15-33-16-14-28/h3-10,17,23,30H,11-16H2,1-2H3/t23-/m0/s1. The minimum Gasteiger partial charge on any atom is -0.507 e. The van der Waals surface area contributed by atoms with E-state index in [1.54, 1.807) is 29.2 Å². The second-order valence-electron chi connectivity index (χ2n) is 8.77. The maximum Gasteiger partial charge on any atom is 0.295 e. The molecule has 2 fully saturated rings. The summed E-state index contributed by atoms with van der Waals surface area (Å²) < 4.78 is 5.41. The Bertz CT molecular complexity index is 1040. The van der Waals surface area contributed by atoms with Crippen molar-refractivity contribution in [3.05, 3.63) is 75.8 Å². The molecule has 0 aromatic heterocycles. The monoisotopic (exact) mass is 468 g/mol. The van der Waals surface area contributed by atoms with E-state index in [-0.39, 0.29) is 11.3 Å². The summed E-state index contributed by atoms with van der Waals surface area (Å²) in [5.41, 5.74) is 2.54. The van der Waals surface area contributed by atoms with E-state index in [4.69, 9.17) is 16.3 Å². The summed E-state index contributed by atoms with van der Waals surface area (Å²) in [6, 6.07) is 13.9. The van der Waals surface area contributed by atoms with E-state index in [2.05, 4.69) is 18.7 Å². The molecular formula is C26H29ClN2O4. The minimum atomic E-state index is -0.664. The first-order valence-corrected chi connectivity index (χ1v) is 11.7. The Kier molecular flexibility index (Phi) is 7.17. The van der Waals surface area contributed by atoms with Gasteiger partial charge >= 0.3 is 0 Å². The van der Waals surface area contributed by atoms with Gasteiger partial charge in [-0.1, -0.05) is 49.7 Å². The smallest absolute Gasteiger partial charge is 0.295 e. The number of hydrogen-bond donors (Lipinski definition) is 1. The Morgan fingerprint density at radius 3 is 2.27 bits per heavy atom. The van der Waals surface area contributed by atoms with Crippen LogP contribution in [-0.2, 0) is 14.3 Å². The molecule has 0 spiro atoms. The number of Topliss-reactive ketones (excluding diaryl/α,β-unsaturated/α-hetero) is 1. The molecule has 0 unspecified atom stereocenters. The highest BCUT2D eigenvalue weighted by molar-refractivity contribution is 6.46. The van der Waals surface area contributed by atoms with Gasteiger partial charge in [0.25, 0.3) is 11.7 Å². The number of carbonyl (C=O) groups is 2. The highest BCUT2D eigenvalue weighted by atomic mass is 35.5. The Hall–Kier alpha value is -2.67. The Morgan fingerprint density at radius 2 is 1.67 bits per heavy atom. The summed E-state index contributed by atoms with van der Waals surface area (Å²) in [5, 5.41) is 11.6. The molecule has 7 heteroatoms. The van der Waals surface area contributed by atoms with Gasteiger partial charge in [0.15, 0.2) is 0 Å². The molecule has 2 aromatic rings. The van der Waals surface area contributed by atoms with Crippen molar-refractivity contribution >= 4 is 29.1 Å². The number of amides is 1. The van der Waals surface area contributed by atoms with Crippen LogP contribution >= 0.6 is 11.6 Å². The molecule has 2 heterocycles. The number of benzene rings is 2. The van der Waals surface area contributed by atoms with Gasteiger partial charge in [0.2, 0.25) is 0 Å². The summed E-state index contributed by atoms with van der Waals surface area (Å²) >= 11 is 5.99. The fraction of sp³-hybridized carbons (Fsp3) is 0.385. The summed E-state index contributed by atoms with van der Waals surface area (Å²) in [5.74, 6) is -1.07. The average Bonchev–Trinajstić information content (AvgIpc) is 3.08. The van der Waals surface area contributed by atoms with Gasteiger partial charge in [0, 0.05) is 36.8 Å². The summed E-state index contributed by atoms with van der Waals surface area (Å²) in [6.07, 6.45) is 0. The van der Waals surface area contributed by atoms with Gasteiger partial charge in [-0.3, -0.25) is 14.5 Å². The minimum absolute atomic E-state index is 0.113. The first kappa shape index (κ1) is 23.5. The number of carbonyl (C=O) groups excluding carboxylic acids is 2. The van der Waals surface area contributed by atoms with E-state index in [1.165, 1.54) is 5.56 Å². The van der Waals surface area contributed by atoms with E-state index >= 15 is 0 Å². The van der Waals surface area contributed by atoms with Crippen LogP contribution in [0.1, 0.15) is 42.5 Å². The quantitative estimate of drug-likeness (QED) is 0.390. The number of likely N-dealkylation sites (tertiary alicyclic amines) is 1. The van der Waals surface area contributed by atoms with Crippen molar-refractivity contribution in [2.75, 3.05) is 39.4 Å². The molecule has 1 N–H and O–H groups in total. The molecule has 174 valence electrons. The average molecular weight is 469 g/mol. The Labute approximate surface area is 199 Å². The zero-order valence-electron chi connectivity index (χ0n) is 19.0. The molecule has 1 amide bonds. The van der Waals surface area contributed by atoms with Crippen molar-refractivity contribution in [1.82, 2.24) is 9.80 Å². The van der Waals surface area contributed by atoms with E-state index in [1.807, 2.05) is 24.3 Å². The summed E-state index contributed by atoms with van der Waals surface area (Å²) in [4.78, 5) is 30.1. The van der Waals surface area contributed by atoms with Crippen LogP contribution in [0.15, 0.2) is 54.1 Å². The number of ether oxygens (including phenoxy) is 1. The van der Waals surface area contributed by atoms with Crippen molar-refractivity contribution in [2.45, 2.75) is 25.8 Å². The molecule has 2 aromatic carbocycles. The number of rotatable bonds is 6. The number of aliphatic hydroxyl groups excluding tert-OH is 1. The maximum atomic E-state index is 13.1. The predicted octanol–water partition coefficient (Wildman–Crippen LogP) is 4.22. The molecule has 1 atom stereocenters. The highest BCUT2D eigenvalue weighted by Gasteiger charge is 2.46. The Balaban J connectivity index is 1.73. The van der Waals surface area contributed by atoms with Crippen LogP contribution in [0, 0.1) is 0 Å². The third kappa shape index (κ3) is 4.98. The van der Waals surface area contributed by atoms with Gasteiger partial charge in [-0.15, -0.1) is 0 Å². The van der Waals surface area contributed by atoms with Gasteiger partial charge in [-0.2, -0.15) is 0 Å². The van der Waals surface area contributed by atoms with Crippen molar-refractivity contribution in [1.29, 1.82) is 0 Å². The van der Waals surface area contributed by atoms with E-state index in [0.717, 1.165) is 18.7 Å². The van der Waals surface area contributed by atoms with Gasteiger partial charge < -0.3 is 14.7 Å². The number of hydrogen-bond acceptors (Lipinski definition) is 5. The van der Waals surface area contributed by atoms with Crippen LogP contribution in [0.5, 0.6) is 0 Å². The zero-order chi connectivity index (χ0) is 23.5. The maximum absolute atomic E-state index is 13.1. The van der Waals surface area contributed by atoms with Crippen LogP contribution in [-0.4, -0.2) is 66.0 Å². The first-order valence-electron chi connectivity index (χ1n) is 11.3. The molecule has 4 rings (SSSR count). The number of aliphatic hydroxyl groups is 1. The zero-order valence-corrected chi connectivity index (χ0v) is 19.7. The number of nitrogens with zero attached hydrogens (tertiary/aromatic N) is 2. The molecule has 2 aliphatic rings. The molecule has 2 saturated heterocycles. The Morgan fingerprint density at radius 1 is 1.03 bits per heavy atom. The molecular weight excluding hydrogens is 440 g/mol. The van der Waals surface area contributed by atoms with E-state index < -0.39 is 17.7 Å². The molecule has 6 nitrogen and oxygen atoms in total. The lowest BCUT2D eigenvalue weighted by atomic mass is 9.93. The van der Waals surface area contributed by atoms with Crippen molar-refractivity contribution in [2.24, 2.45) is 0 Å². The highest BCUT2D eigenvalue weighted by Crippen LogP contribution is 2.39. The van der Waals surface area contributed by atoms with E-state index in [9.17, 15) is 14.7 Å². The third-order valence-electron chi connectivity index (χ3n) is 6.34. The second kappa shape index (κ2) is 10.1. The van der Waals surface area contributed by atoms with E-state index in [0.29, 0.717) is 42.8 Å². The number of halogens is 1. The molecule has 0 aliphatic carbocycles. The van der Waals surface area contributed by atoms with Crippen LogP contribution in [0.3, 0.4) is 0 Å². The SMILES string of the molecule is CC(C)c1ccc([C@H]2C(=C(O)c3ccc(Cl)cc3)C(=O)C(=O)N2CCN2CCOCC2)cc1. The van der Waals surface area contributed by atoms with Crippen LogP contribution < -0.4 is 0 Å². The van der Waals surface area contributed by atoms with Crippen molar-refractivity contribution in [3.63, 3.8) is 0 Å². The second-order valence-corrected chi connectivity index (χ2v) is 9.21. The van der Waals surface area contributed by atoms with Crippen LogP contribution in [0.25, 0.3) is 5.76 Å². The normalized spacial score (nSPS) is 21.2. The predicted molar refractivity (Wildman–Crippen MR) is 128 cm³/mol. The lowest BCUT2D eigenvalue weighted by Gasteiger charge is -2.31. The van der Waals surface area contributed by atoms with Gasteiger partial charge in [-0.25, -0.2) is 0 Å². The van der Waals surface area contributed by atoms with Crippen LogP contribution in [0.2, 0.25) is 5.02 Å². The topological polar surface area (TPSA) is 70.1 Å². The first-order chi connectivity index (χ1) is 15.9. The lowest BCUT2D eigenvalue weighted by Crippen LogP contribution is -2.42. The van der Waals surface area contributed by atoms with Crippen LogP contribution in [0.4, 0.5) is 0 Å². The lowest BCUT2D eigenvalue weighted by molar-refractivity contribution is -0.140. The molecule has 0 radical (unpaired) electrons. The fourth-order valence-corrected chi connectivity index (χ4v) is 4.48. The fourth-order valence-electron chi connectivity index (χ4n) is 4.36. The third-order valence-corrected chi connectivity index (χ3v) is 6.59. The molecule has 0 bridgehead atoms. The molecule has 0 saturated carbocycles. The number of ketones is 1. The van der Waals surface area contributed by atoms with Crippen molar-refractivity contribution < 1.29 is 19.4 Å². The molecule has 33 heavy (non-hydrogen) atoms. The van der Waals surface area contributed by atoms with Gasteiger partial charge in [0.05, 0.1) is 24.8 Å². The summed E-state index contributed by atoms with van der Waals surface area (Å²) in [6.45, 7) is 8.17. The van der Waals surface area contributed by atoms with Gasteiger partial charge in [-0.05, 0) is 41.3 Å². The number of morpholine rings is 1.